The first-order valence-corrected chi connectivity index (χ1v) is 5.66. The first kappa shape index (κ1) is 9.95. The van der Waals surface area contributed by atoms with Gasteiger partial charge in [-0.05, 0) is 41.4 Å². The lowest BCUT2D eigenvalue weighted by atomic mass is 9.99. The van der Waals surface area contributed by atoms with Crippen molar-refractivity contribution in [1.82, 2.24) is 9.78 Å². The van der Waals surface area contributed by atoms with E-state index in [-0.39, 0.29) is 0 Å². The Morgan fingerprint density at radius 3 is 3.07 bits per heavy atom. The molecule has 1 aromatic heterocycles. The summed E-state index contributed by atoms with van der Waals surface area (Å²) in [5.41, 5.74) is 1.29. The van der Waals surface area contributed by atoms with E-state index in [4.69, 9.17) is 5.11 Å². The zero-order valence-electron chi connectivity index (χ0n) is 7.83. The van der Waals surface area contributed by atoms with Crippen molar-refractivity contribution in [1.29, 1.82) is 0 Å². The summed E-state index contributed by atoms with van der Waals surface area (Å²) in [5, 5.41) is 13.3. The van der Waals surface area contributed by atoms with E-state index in [0.717, 1.165) is 25.1 Å². The molecule has 14 heavy (non-hydrogen) atoms. The highest BCUT2D eigenvalue weighted by atomic mass is 127. The molecule has 0 radical (unpaired) electrons. The molecule has 2 rings (SSSR count). The van der Waals surface area contributed by atoms with Gasteiger partial charge in [0.1, 0.15) is 9.26 Å². The molecule has 4 nitrogen and oxygen atoms in total. The van der Waals surface area contributed by atoms with Crippen LogP contribution in [-0.2, 0) is 13.0 Å². The van der Waals surface area contributed by atoms with E-state index in [2.05, 4.69) is 12.0 Å². The zero-order valence-corrected chi connectivity index (χ0v) is 9.98. The number of carbonyl (C=O) groups is 1. The molecule has 0 spiro atoms. The Hall–Kier alpha value is -0.590. The van der Waals surface area contributed by atoms with E-state index in [1.807, 2.05) is 27.3 Å². The smallest absolute Gasteiger partial charge is 0.340 e. The predicted molar refractivity (Wildman–Crippen MR) is 59.4 cm³/mol. The summed E-state index contributed by atoms with van der Waals surface area (Å²) in [6.07, 6.45) is 1.89. The van der Waals surface area contributed by atoms with E-state index in [9.17, 15) is 4.79 Å². The maximum Gasteiger partial charge on any atom is 0.340 e. The monoisotopic (exact) mass is 306 g/mol. The van der Waals surface area contributed by atoms with Gasteiger partial charge >= 0.3 is 5.97 Å². The van der Waals surface area contributed by atoms with Crippen molar-refractivity contribution in [3.63, 3.8) is 0 Å². The van der Waals surface area contributed by atoms with E-state index >= 15 is 0 Å². The molecule has 76 valence electrons. The third-order valence-electron chi connectivity index (χ3n) is 2.59. The fourth-order valence-electron chi connectivity index (χ4n) is 1.85. The number of carboxylic acid groups (broad SMARTS) is 1. The Kier molecular flexibility index (Phi) is 2.50. The summed E-state index contributed by atoms with van der Waals surface area (Å²) in [6, 6.07) is 0. The Morgan fingerprint density at radius 1 is 1.71 bits per heavy atom. The van der Waals surface area contributed by atoms with Crippen LogP contribution in [-0.4, -0.2) is 20.9 Å². The van der Waals surface area contributed by atoms with Gasteiger partial charge in [-0.1, -0.05) is 6.92 Å². The van der Waals surface area contributed by atoms with Crippen molar-refractivity contribution in [2.75, 3.05) is 0 Å². The van der Waals surface area contributed by atoms with Gasteiger partial charge in [-0.2, -0.15) is 5.10 Å². The molecule has 0 aliphatic carbocycles. The number of aromatic carboxylic acids is 1. The highest BCUT2D eigenvalue weighted by molar-refractivity contribution is 14.1. The van der Waals surface area contributed by atoms with Gasteiger partial charge in [0, 0.05) is 6.54 Å². The van der Waals surface area contributed by atoms with Gasteiger partial charge in [0.25, 0.3) is 0 Å². The predicted octanol–water partition coefficient (Wildman–Crippen LogP) is 1.77. The second-order valence-electron chi connectivity index (χ2n) is 3.74. The number of nitrogens with zero attached hydrogens (tertiary/aromatic N) is 2. The first-order chi connectivity index (χ1) is 6.59. The minimum Gasteiger partial charge on any atom is -0.478 e. The van der Waals surface area contributed by atoms with Crippen LogP contribution in [0.3, 0.4) is 0 Å². The fourth-order valence-corrected chi connectivity index (χ4v) is 2.65. The van der Waals surface area contributed by atoms with Crippen molar-refractivity contribution in [2.45, 2.75) is 26.3 Å². The molecule has 1 aromatic rings. The molecule has 1 atom stereocenters. The van der Waals surface area contributed by atoms with Crippen LogP contribution in [0.15, 0.2) is 0 Å². The first-order valence-electron chi connectivity index (χ1n) is 4.58. The Bertz CT molecular complexity index is 386. The zero-order chi connectivity index (χ0) is 10.3. The van der Waals surface area contributed by atoms with E-state index in [1.54, 1.807) is 0 Å². The number of hydrogen-bond acceptors (Lipinski definition) is 2. The molecule has 0 saturated heterocycles. The molecule has 5 heteroatoms. The van der Waals surface area contributed by atoms with Gasteiger partial charge in [-0.15, -0.1) is 0 Å². The van der Waals surface area contributed by atoms with Gasteiger partial charge in [-0.25, -0.2) is 4.79 Å². The van der Waals surface area contributed by atoms with Crippen molar-refractivity contribution in [2.24, 2.45) is 5.92 Å². The maximum absolute atomic E-state index is 11.0. The van der Waals surface area contributed by atoms with Crippen molar-refractivity contribution in [3.05, 3.63) is 15.0 Å². The lowest BCUT2D eigenvalue weighted by Gasteiger charge is -2.19. The van der Waals surface area contributed by atoms with Crippen LogP contribution in [0, 0.1) is 9.62 Å². The lowest BCUT2D eigenvalue weighted by Crippen LogP contribution is -2.19. The van der Waals surface area contributed by atoms with Crippen LogP contribution in [0.1, 0.15) is 29.4 Å². The highest BCUT2D eigenvalue weighted by Crippen LogP contribution is 2.25. The molecule has 0 aromatic carbocycles. The minimum absolute atomic E-state index is 0.400. The minimum atomic E-state index is -0.856. The highest BCUT2D eigenvalue weighted by Gasteiger charge is 2.25. The van der Waals surface area contributed by atoms with Crippen LogP contribution >= 0.6 is 22.6 Å². The van der Waals surface area contributed by atoms with Crippen molar-refractivity contribution in [3.8, 4) is 0 Å². The third kappa shape index (κ3) is 1.53. The third-order valence-corrected chi connectivity index (χ3v) is 3.34. The van der Waals surface area contributed by atoms with Crippen LogP contribution in [0.2, 0.25) is 0 Å². The van der Waals surface area contributed by atoms with E-state index < -0.39 is 5.97 Å². The summed E-state index contributed by atoms with van der Waals surface area (Å²) in [6.45, 7) is 3.01. The molecule has 2 heterocycles. The Balaban J connectivity index is 2.49. The van der Waals surface area contributed by atoms with E-state index in [1.165, 1.54) is 0 Å². The summed E-state index contributed by atoms with van der Waals surface area (Å²) < 4.78 is 2.46. The van der Waals surface area contributed by atoms with E-state index in [0.29, 0.717) is 15.2 Å². The summed E-state index contributed by atoms with van der Waals surface area (Å²) in [7, 11) is 0. The van der Waals surface area contributed by atoms with Crippen LogP contribution in [0.25, 0.3) is 0 Å². The normalized spacial score (nSPS) is 20.6. The van der Waals surface area contributed by atoms with Crippen molar-refractivity contribution < 1.29 is 9.90 Å². The number of fused-ring (bicyclic) bond motifs is 1. The molecule has 1 unspecified atom stereocenters. The van der Waals surface area contributed by atoms with Gasteiger partial charge in [0.15, 0.2) is 0 Å². The standard InChI is InChI=1S/C9H11IN2O2/c1-5-2-3-6-7(9(13)14)8(10)11-12(6)4-5/h5H,2-4H2,1H3,(H,13,14). The number of halogens is 1. The number of rotatable bonds is 1. The second-order valence-corrected chi connectivity index (χ2v) is 4.77. The summed E-state index contributed by atoms with van der Waals surface area (Å²) >= 11 is 1.99. The molecule has 1 aliphatic rings. The molecular formula is C9H11IN2O2. The van der Waals surface area contributed by atoms with Gasteiger partial charge in [0.05, 0.1) is 5.69 Å². The summed E-state index contributed by atoms with van der Waals surface area (Å²) in [5.74, 6) is -0.259. The maximum atomic E-state index is 11.0. The topological polar surface area (TPSA) is 55.1 Å². The molecule has 1 aliphatic heterocycles. The van der Waals surface area contributed by atoms with Gasteiger partial charge < -0.3 is 5.11 Å². The van der Waals surface area contributed by atoms with Crippen molar-refractivity contribution >= 4 is 28.6 Å². The van der Waals surface area contributed by atoms with Gasteiger partial charge in [-0.3, -0.25) is 4.68 Å². The van der Waals surface area contributed by atoms with Crippen LogP contribution in [0.5, 0.6) is 0 Å². The molecule has 0 fully saturated rings. The molecular weight excluding hydrogens is 295 g/mol. The molecule has 0 saturated carbocycles. The quantitative estimate of drug-likeness (QED) is 0.805. The van der Waals surface area contributed by atoms with Gasteiger partial charge in [0.2, 0.25) is 0 Å². The SMILES string of the molecule is CC1CCc2c(C(=O)O)c(I)nn2C1. The fraction of sp³-hybridized carbons (Fsp3) is 0.556. The summed E-state index contributed by atoms with van der Waals surface area (Å²) in [4.78, 5) is 11.0. The number of aromatic nitrogens is 2. The number of hydrogen-bond donors (Lipinski definition) is 1. The molecule has 0 bridgehead atoms. The second kappa shape index (κ2) is 3.52. The molecule has 0 amide bonds. The lowest BCUT2D eigenvalue weighted by molar-refractivity contribution is 0.0693. The largest absolute Gasteiger partial charge is 0.478 e. The Labute approximate surface area is 95.4 Å². The number of carboxylic acids is 1. The van der Waals surface area contributed by atoms with Crippen LogP contribution < -0.4 is 0 Å². The van der Waals surface area contributed by atoms with Crippen LogP contribution in [0.4, 0.5) is 0 Å². The average Bonchev–Trinajstić information content (AvgIpc) is 2.39. The Morgan fingerprint density at radius 2 is 2.43 bits per heavy atom. The average molecular weight is 306 g/mol. The molecule has 1 N–H and O–H groups in total.